The molecular weight excluding hydrogens is 705 g/mol. The summed E-state index contributed by atoms with van der Waals surface area (Å²) in [5, 5.41) is 9.47. The van der Waals surface area contributed by atoms with Crippen molar-refractivity contribution in [2.24, 2.45) is 5.73 Å². The molecule has 5 rings (SSSR count). The van der Waals surface area contributed by atoms with Crippen molar-refractivity contribution in [1.29, 1.82) is 5.26 Å². The summed E-state index contributed by atoms with van der Waals surface area (Å²) in [6, 6.07) is 18.1. The standard InChI is InChI=1S/C32H20Cl5FN2O6/c1-42-23-10-15(6-9-21(23)43-13-16-4-2-3-5-20(16)38)25-18-8-7-17(11-22(18)46-32(40)19(25)12-39)45-24(41)14-44-31-29(36)27(34)26(33)28(35)30(31)37/h2-11,25H,13-14,40H2,1H3. The van der Waals surface area contributed by atoms with Crippen molar-refractivity contribution >= 4 is 64.0 Å². The molecule has 14 heteroatoms. The molecule has 1 heterocycles. The van der Waals surface area contributed by atoms with Gasteiger partial charge in [-0.1, -0.05) is 88.3 Å². The van der Waals surface area contributed by atoms with Gasteiger partial charge in [-0.3, -0.25) is 0 Å². The van der Waals surface area contributed by atoms with Gasteiger partial charge in [0.05, 0.1) is 28.1 Å². The van der Waals surface area contributed by atoms with E-state index in [1.807, 2.05) is 0 Å². The van der Waals surface area contributed by atoms with Crippen LogP contribution >= 0.6 is 58.0 Å². The lowest BCUT2D eigenvalue weighted by Crippen LogP contribution is -2.22. The summed E-state index contributed by atoms with van der Waals surface area (Å²) >= 11 is 30.4. The number of allylic oxidation sites excluding steroid dienone is 1. The first-order valence-electron chi connectivity index (χ1n) is 13.1. The summed E-state index contributed by atoms with van der Waals surface area (Å²) in [5.41, 5.74) is 7.87. The Morgan fingerprint density at radius 3 is 2.30 bits per heavy atom. The van der Waals surface area contributed by atoms with Crippen LogP contribution in [-0.4, -0.2) is 19.7 Å². The number of hydrogen-bond acceptors (Lipinski definition) is 8. The quantitative estimate of drug-likeness (QED) is 0.0789. The Labute approximate surface area is 287 Å². The van der Waals surface area contributed by atoms with Gasteiger partial charge in [0.2, 0.25) is 5.88 Å². The summed E-state index contributed by atoms with van der Waals surface area (Å²) in [5.74, 6) is -1.09. The third-order valence-corrected chi connectivity index (χ3v) is 9.03. The first-order chi connectivity index (χ1) is 22.0. The van der Waals surface area contributed by atoms with Gasteiger partial charge in [0.25, 0.3) is 0 Å². The van der Waals surface area contributed by atoms with Crippen LogP contribution in [0.4, 0.5) is 4.39 Å². The predicted molar refractivity (Wildman–Crippen MR) is 172 cm³/mol. The Bertz CT molecular complexity index is 1900. The molecule has 4 aromatic rings. The number of fused-ring (bicyclic) bond motifs is 1. The second-order valence-electron chi connectivity index (χ2n) is 9.58. The van der Waals surface area contributed by atoms with E-state index in [4.69, 9.17) is 87.4 Å². The number of nitriles is 1. The molecule has 0 aromatic heterocycles. The fourth-order valence-corrected chi connectivity index (χ4v) is 5.83. The van der Waals surface area contributed by atoms with Gasteiger partial charge < -0.3 is 29.4 Å². The molecule has 236 valence electrons. The fraction of sp³-hybridized carbons (Fsp3) is 0.125. The van der Waals surface area contributed by atoms with E-state index >= 15 is 0 Å². The molecule has 1 aliphatic heterocycles. The molecule has 0 bridgehead atoms. The number of ether oxygens (including phenoxy) is 5. The molecule has 0 saturated carbocycles. The highest BCUT2D eigenvalue weighted by Gasteiger charge is 2.32. The Morgan fingerprint density at radius 2 is 1.63 bits per heavy atom. The molecule has 2 N–H and O–H groups in total. The van der Waals surface area contributed by atoms with E-state index in [1.54, 1.807) is 42.5 Å². The predicted octanol–water partition coefficient (Wildman–Crippen LogP) is 8.88. The van der Waals surface area contributed by atoms with E-state index in [2.05, 4.69) is 6.07 Å². The van der Waals surface area contributed by atoms with E-state index in [0.717, 1.165) is 0 Å². The van der Waals surface area contributed by atoms with Crippen molar-refractivity contribution in [3.05, 3.63) is 120 Å². The zero-order chi connectivity index (χ0) is 33.1. The van der Waals surface area contributed by atoms with E-state index in [0.29, 0.717) is 28.2 Å². The molecule has 0 fully saturated rings. The maximum atomic E-state index is 14.1. The van der Waals surface area contributed by atoms with Crippen LogP contribution in [0.15, 0.2) is 72.1 Å². The van der Waals surface area contributed by atoms with E-state index in [1.165, 1.54) is 25.3 Å². The molecule has 0 amide bonds. The SMILES string of the molecule is COc1cc(C2C(C#N)=C(N)Oc3cc(OC(=O)COc4c(Cl)c(Cl)c(Cl)c(Cl)c4Cl)ccc32)ccc1OCc1ccccc1F. The van der Waals surface area contributed by atoms with Crippen molar-refractivity contribution in [3.63, 3.8) is 0 Å². The highest BCUT2D eigenvalue weighted by molar-refractivity contribution is 6.55. The average Bonchev–Trinajstić information content (AvgIpc) is 3.05. The lowest BCUT2D eigenvalue weighted by molar-refractivity contribution is -0.136. The summed E-state index contributed by atoms with van der Waals surface area (Å²) in [7, 11) is 1.46. The van der Waals surface area contributed by atoms with Crippen LogP contribution in [0, 0.1) is 17.1 Å². The maximum Gasteiger partial charge on any atom is 0.349 e. The Balaban J connectivity index is 1.36. The van der Waals surface area contributed by atoms with Crippen LogP contribution in [-0.2, 0) is 11.4 Å². The monoisotopic (exact) mass is 722 g/mol. The number of rotatable bonds is 9. The number of esters is 1. The number of halogens is 6. The van der Waals surface area contributed by atoms with Gasteiger partial charge in [-0.05, 0) is 29.8 Å². The van der Waals surface area contributed by atoms with E-state index in [-0.39, 0.29) is 66.2 Å². The summed E-state index contributed by atoms with van der Waals surface area (Å²) < 4.78 is 42.0. The zero-order valence-electron chi connectivity index (χ0n) is 23.5. The van der Waals surface area contributed by atoms with Crippen LogP contribution < -0.4 is 29.4 Å². The molecular formula is C32H20Cl5FN2O6. The number of benzene rings is 4. The topological polar surface area (TPSA) is 113 Å². The third kappa shape index (κ3) is 6.73. The zero-order valence-corrected chi connectivity index (χ0v) is 27.3. The molecule has 1 unspecified atom stereocenters. The van der Waals surface area contributed by atoms with Crippen molar-refractivity contribution in [2.75, 3.05) is 13.7 Å². The maximum absolute atomic E-state index is 14.1. The summed E-state index contributed by atoms with van der Waals surface area (Å²) in [6.45, 7) is -0.632. The first-order valence-corrected chi connectivity index (χ1v) is 15.0. The largest absolute Gasteiger partial charge is 0.493 e. The van der Waals surface area contributed by atoms with Gasteiger partial charge in [0.1, 0.15) is 45.6 Å². The highest BCUT2D eigenvalue weighted by Crippen LogP contribution is 2.48. The minimum absolute atomic E-state index is 0.0212. The highest BCUT2D eigenvalue weighted by atomic mass is 35.5. The van der Waals surface area contributed by atoms with E-state index in [9.17, 15) is 14.4 Å². The number of carbonyl (C=O) groups excluding carboxylic acids is 1. The van der Waals surface area contributed by atoms with Gasteiger partial charge in [-0.15, -0.1) is 0 Å². The van der Waals surface area contributed by atoms with Gasteiger partial charge in [0, 0.05) is 17.2 Å². The lowest BCUT2D eigenvalue weighted by atomic mass is 9.83. The second kappa shape index (κ2) is 14.2. The van der Waals surface area contributed by atoms with Gasteiger partial charge in [-0.2, -0.15) is 5.26 Å². The van der Waals surface area contributed by atoms with Crippen LogP contribution in [0.1, 0.15) is 22.6 Å². The molecule has 1 atom stereocenters. The average molecular weight is 725 g/mol. The van der Waals surface area contributed by atoms with Crippen molar-refractivity contribution in [3.8, 4) is 34.8 Å². The van der Waals surface area contributed by atoms with Crippen molar-refractivity contribution in [1.82, 2.24) is 0 Å². The van der Waals surface area contributed by atoms with Gasteiger partial charge >= 0.3 is 5.97 Å². The van der Waals surface area contributed by atoms with Crippen LogP contribution in [0.3, 0.4) is 0 Å². The minimum atomic E-state index is -0.821. The molecule has 1 aliphatic rings. The Morgan fingerprint density at radius 1 is 0.935 bits per heavy atom. The Hall–Kier alpha value is -4.04. The van der Waals surface area contributed by atoms with Gasteiger partial charge in [-0.25, -0.2) is 9.18 Å². The fourth-order valence-electron chi connectivity index (χ4n) is 4.60. The van der Waals surface area contributed by atoms with Crippen LogP contribution in [0.2, 0.25) is 25.1 Å². The van der Waals surface area contributed by atoms with Gasteiger partial charge in [0.15, 0.2) is 23.9 Å². The minimum Gasteiger partial charge on any atom is -0.493 e. The molecule has 0 aliphatic carbocycles. The third-order valence-electron chi connectivity index (χ3n) is 6.79. The normalized spacial score (nSPS) is 13.7. The molecule has 8 nitrogen and oxygen atoms in total. The number of nitrogens with two attached hydrogens (primary N) is 1. The van der Waals surface area contributed by atoms with Crippen LogP contribution in [0.25, 0.3) is 0 Å². The number of nitrogens with zero attached hydrogens (tertiary/aromatic N) is 1. The Kier molecular flexibility index (Phi) is 10.3. The van der Waals surface area contributed by atoms with E-state index < -0.39 is 18.5 Å². The number of hydrogen-bond donors (Lipinski definition) is 1. The molecule has 0 saturated heterocycles. The van der Waals surface area contributed by atoms with Crippen molar-refractivity contribution in [2.45, 2.75) is 12.5 Å². The smallest absolute Gasteiger partial charge is 0.349 e. The van der Waals surface area contributed by atoms with Crippen molar-refractivity contribution < 1.29 is 32.9 Å². The van der Waals surface area contributed by atoms with Crippen LogP contribution in [0.5, 0.6) is 28.7 Å². The summed E-state index contributed by atoms with van der Waals surface area (Å²) in [6.07, 6.45) is 0. The first kappa shape index (κ1) is 33.3. The molecule has 0 spiro atoms. The molecule has 0 radical (unpaired) electrons. The second-order valence-corrected chi connectivity index (χ2v) is 11.5. The molecule has 4 aromatic carbocycles. The molecule has 46 heavy (non-hydrogen) atoms. The number of carbonyl (C=O) groups is 1. The lowest BCUT2D eigenvalue weighted by Gasteiger charge is -2.27. The summed E-state index contributed by atoms with van der Waals surface area (Å²) in [4.78, 5) is 12.6. The number of methoxy groups -OCH3 is 1.